The minimum absolute atomic E-state index is 0.0426. The summed E-state index contributed by atoms with van der Waals surface area (Å²) in [5.74, 6) is -0.0230. The molecule has 2 N–H and O–H groups in total. The average Bonchev–Trinajstić information content (AvgIpc) is 2.73. The Balaban J connectivity index is 2.08. The molecule has 0 saturated carbocycles. The third kappa shape index (κ3) is 2.78. The number of nitrogens with zero attached hydrogens (tertiary/aromatic N) is 2. The van der Waals surface area contributed by atoms with Gasteiger partial charge in [-0.05, 0) is 13.0 Å². The lowest BCUT2D eigenvalue weighted by molar-refractivity contribution is 0.0696. The third-order valence-corrected chi connectivity index (χ3v) is 2.48. The number of aryl methyl sites for hydroxylation is 1. The number of nitrogens with one attached hydrogen (secondary N) is 1. The first-order valence-corrected chi connectivity index (χ1v) is 5.49. The highest BCUT2D eigenvalue weighted by Gasteiger charge is 2.09. The molecule has 0 spiro atoms. The van der Waals surface area contributed by atoms with E-state index in [-0.39, 0.29) is 10.6 Å². The highest BCUT2D eigenvalue weighted by Crippen LogP contribution is 2.20. The zero-order chi connectivity index (χ0) is 13.1. The number of rotatable bonds is 4. The van der Waals surface area contributed by atoms with E-state index in [4.69, 9.17) is 21.2 Å². The largest absolute Gasteiger partial charge is 0.478 e. The number of carbonyl (C=O) groups is 1. The van der Waals surface area contributed by atoms with Gasteiger partial charge < -0.3 is 14.9 Å². The molecule has 0 aromatic carbocycles. The van der Waals surface area contributed by atoms with Crippen molar-refractivity contribution in [3.63, 3.8) is 0 Å². The number of aromatic carboxylic acids is 1. The van der Waals surface area contributed by atoms with E-state index in [1.165, 1.54) is 12.3 Å². The molecular weight excluding hydrogens is 258 g/mol. The van der Waals surface area contributed by atoms with Crippen molar-refractivity contribution in [2.24, 2.45) is 0 Å². The summed E-state index contributed by atoms with van der Waals surface area (Å²) < 4.78 is 5.01. The molecule has 0 radical (unpaired) electrons. The van der Waals surface area contributed by atoms with Gasteiger partial charge in [0.2, 0.25) is 0 Å². The van der Waals surface area contributed by atoms with Gasteiger partial charge in [-0.15, -0.1) is 0 Å². The fourth-order valence-corrected chi connectivity index (χ4v) is 1.59. The van der Waals surface area contributed by atoms with Gasteiger partial charge >= 0.3 is 5.97 Å². The predicted octanol–water partition coefficient (Wildman–Crippen LogP) is 2.34. The lowest BCUT2D eigenvalue weighted by Gasteiger charge is -2.05. The quantitative estimate of drug-likeness (QED) is 0.884. The molecule has 7 heteroatoms. The summed E-state index contributed by atoms with van der Waals surface area (Å²) in [7, 11) is 0. The lowest BCUT2D eigenvalue weighted by atomic mass is 10.3. The van der Waals surface area contributed by atoms with Gasteiger partial charge in [-0.2, -0.15) is 0 Å². The zero-order valence-electron chi connectivity index (χ0n) is 9.48. The Hall–Kier alpha value is -2.08. The van der Waals surface area contributed by atoms with Crippen LogP contribution >= 0.6 is 11.6 Å². The van der Waals surface area contributed by atoms with Gasteiger partial charge in [-0.1, -0.05) is 16.8 Å². The summed E-state index contributed by atoms with van der Waals surface area (Å²) in [5, 5.41) is 15.7. The molecule has 0 atom stereocenters. The summed E-state index contributed by atoms with van der Waals surface area (Å²) in [4.78, 5) is 14.6. The predicted molar refractivity (Wildman–Crippen MR) is 64.8 cm³/mol. The molecule has 6 nitrogen and oxygen atoms in total. The minimum Gasteiger partial charge on any atom is -0.478 e. The average molecular weight is 268 g/mol. The SMILES string of the molecule is Cc1cc(CNc2ncc(C(=O)O)cc2Cl)on1. The summed E-state index contributed by atoms with van der Waals surface area (Å²) in [6.07, 6.45) is 1.24. The molecule has 0 saturated heterocycles. The molecule has 0 fully saturated rings. The van der Waals surface area contributed by atoms with E-state index in [0.29, 0.717) is 18.1 Å². The molecule has 2 heterocycles. The number of hydrogen-bond acceptors (Lipinski definition) is 5. The van der Waals surface area contributed by atoms with Crippen molar-refractivity contribution < 1.29 is 14.4 Å². The molecule has 94 valence electrons. The van der Waals surface area contributed by atoms with Gasteiger partial charge in [0.15, 0.2) is 5.76 Å². The molecule has 0 aliphatic heterocycles. The summed E-state index contributed by atoms with van der Waals surface area (Å²) in [6, 6.07) is 3.12. The van der Waals surface area contributed by atoms with Crippen LogP contribution in [0, 0.1) is 6.92 Å². The van der Waals surface area contributed by atoms with Crippen molar-refractivity contribution in [1.82, 2.24) is 10.1 Å². The van der Waals surface area contributed by atoms with Gasteiger partial charge in [-0.3, -0.25) is 0 Å². The van der Waals surface area contributed by atoms with Crippen LogP contribution in [0.5, 0.6) is 0 Å². The summed E-state index contributed by atoms with van der Waals surface area (Å²) in [5.41, 5.74) is 0.827. The van der Waals surface area contributed by atoms with E-state index >= 15 is 0 Å². The Morgan fingerprint density at radius 3 is 2.89 bits per heavy atom. The number of pyridine rings is 1. The second kappa shape index (κ2) is 5.05. The maximum Gasteiger partial charge on any atom is 0.337 e. The van der Waals surface area contributed by atoms with Crippen molar-refractivity contribution in [2.45, 2.75) is 13.5 Å². The van der Waals surface area contributed by atoms with Crippen LogP contribution in [-0.4, -0.2) is 21.2 Å². The summed E-state index contributed by atoms with van der Waals surface area (Å²) >= 11 is 5.91. The molecule has 0 amide bonds. The van der Waals surface area contributed by atoms with E-state index in [0.717, 1.165) is 5.69 Å². The number of hydrogen-bond donors (Lipinski definition) is 2. The lowest BCUT2D eigenvalue weighted by Crippen LogP contribution is -2.03. The fraction of sp³-hybridized carbons (Fsp3) is 0.182. The number of carboxylic acid groups (broad SMARTS) is 1. The van der Waals surface area contributed by atoms with Crippen molar-refractivity contribution in [3.8, 4) is 0 Å². The van der Waals surface area contributed by atoms with E-state index in [2.05, 4.69) is 15.5 Å². The van der Waals surface area contributed by atoms with Gasteiger partial charge in [0, 0.05) is 12.3 Å². The van der Waals surface area contributed by atoms with Gasteiger partial charge in [0.1, 0.15) is 5.82 Å². The maximum atomic E-state index is 10.7. The van der Waals surface area contributed by atoms with Crippen LogP contribution in [0.4, 0.5) is 5.82 Å². The Morgan fingerprint density at radius 2 is 2.33 bits per heavy atom. The Labute approximate surface area is 108 Å². The Bertz CT molecular complexity index is 583. The smallest absolute Gasteiger partial charge is 0.337 e. The van der Waals surface area contributed by atoms with Crippen molar-refractivity contribution in [2.75, 3.05) is 5.32 Å². The molecule has 2 aromatic heterocycles. The number of aromatic nitrogens is 2. The number of carboxylic acids is 1. The fourth-order valence-electron chi connectivity index (χ4n) is 1.36. The van der Waals surface area contributed by atoms with Crippen molar-refractivity contribution in [1.29, 1.82) is 0 Å². The van der Waals surface area contributed by atoms with Crippen molar-refractivity contribution in [3.05, 3.63) is 40.4 Å². The Kier molecular flexibility index (Phi) is 3.47. The first-order valence-electron chi connectivity index (χ1n) is 5.11. The molecule has 0 aliphatic rings. The molecule has 2 rings (SSSR count). The standard InChI is InChI=1S/C11H10ClN3O3/c1-6-2-8(18-15-6)5-14-10-9(12)3-7(4-13-10)11(16)17/h2-4H,5H2,1H3,(H,13,14)(H,16,17). The molecule has 0 aliphatic carbocycles. The molecule has 0 bridgehead atoms. The normalized spacial score (nSPS) is 10.3. The van der Waals surface area contributed by atoms with Crippen LogP contribution < -0.4 is 5.32 Å². The molecule has 18 heavy (non-hydrogen) atoms. The second-order valence-electron chi connectivity index (χ2n) is 3.65. The van der Waals surface area contributed by atoms with Crippen LogP contribution in [0.25, 0.3) is 0 Å². The topological polar surface area (TPSA) is 88.2 Å². The molecule has 0 unspecified atom stereocenters. The van der Waals surface area contributed by atoms with E-state index < -0.39 is 5.97 Å². The van der Waals surface area contributed by atoms with Crippen LogP contribution in [0.15, 0.2) is 22.9 Å². The highest BCUT2D eigenvalue weighted by atomic mass is 35.5. The van der Waals surface area contributed by atoms with Crippen molar-refractivity contribution >= 4 is 23.4 Å². The molecular formula is C11H10ClN3O3. The van der Waals surface area contributed by atoms with E-state index in [1.807, 2.05) is 6.92 Å². The van der Waals surface area contributed by atoms with Crippen LogP contribution in [0.2, 0.25) is 5.02 Å². The summed E-state index contributed by atoms with van der Waals surface area (Å²) in [6.45, 7) is 2.19. The van der Waals surface area contributed by atoms with Crippen LogP contribution in [0.1, 0.15) is 21.8 Å². The first-order chi connectivity index (χ1) is 8.56. The molecule has 2 aromatic rings. The first kappa shape index (κ1) is 12.4. The van der Waals surface area contributed by atoms with Gasteiger partial charge in [-0.25, -0.2) is 9.78 Å². The van der Waals surface area contributed by atoms with Gasteiger partial charge in [0.25, 0.3) is 0 Å². The van der Waals surface area contributed by atoms with E-state index in [1.54, 1.807) is 6.07 Å². The highest BCUT2D eigenvalue weighted by molar-refractivity contribution is 6.33. The monoisotopic (exact) mass is 267 g/mol. The third-order valence-electron chi connectivity index (χ3n) is 2.19. The maximum absolute atomic E-state index is 10.7. The van der Waals surface area contributed by atoms with Crippen LogP contribution in [-0.2, 0) is 6.54 Å². The second-order valence-corrected chi connectivity index (χ2v) is 4.05. The number of halogens is 1. The number of anilines is 1. The van der Waals surface area contributed by atoms with E-state index in [9.17, 15) is 4.79 Å². The van der Waals surface area contributed by atoms with Crippen LogP contribution in [0.3, 0.4) is 0 Å². The minimum atomic E-state index is -1.07. The Morgan fingerprint density at radius 1 is 1.56 bits per heavy atom. The van der Waals surface area contributed by atoms with Gasteiger partial charge in [0.05, 0.1) is 22.8 Å². The zero-order valence-corrected chi connectivity index (χ0v) is 10.2.